The van der Waals surface area contributed by atoms with Crippen LogP contribution in [0.15, 0.2) is 63.9 Å². The molecule has 9 heteroatoms. The molecule has 32 heavy (non-hydrogen) atoms. The molecule has 0 aliphatic rings. The molecule has 9 nitrogen and oxygen atoms in total. The van der Waals surface area contributed by atoms with Crippen molar-refractivity contribution in [2.45, 2.75) is 19.6 Å². The number of carbonyl (C=O) groups is 1. The fourth-order valence-corrected chi connectivity index (χ4v) is 3.09. The number of aryl methyl sites for hydroxylation is 1. The van der Waals surface area contributed by atoms with Crippen molar-refractivity contribution in [3.8, 4) is 17.2 Å². The summed E-state index contributed by atoms with van der Waals surface area (Å²) in [5.41, 5.74) is 1.28. The van der Waals surface area contributed by atoms with Gasteiger partial charge >= 0.3 is 5.63 Å². The van der Waals surface area contributed by atoms with Crippen molar-refractivity contribution < 1.29 is 23.4 Å². The van der Waals surface area contributed by atoms with Crippen LogP contribution in [-0.2, 0) is 13.2 Å². The Bertz CT molecular complexity index is 1280. The van der Waals surface area contributed by atoms with Gasteiger partial charge in [0.05, 0.1) is 19.9 Å². The lowest BCUT2D eigenvalue weighted by Gasteiger charge is -2.09. The van der Waals surface area contributed by atoms with Crippen LogP contribution in [0, 0.1) is 0 Å². The van der Waals surface area contributed by atoms with E-state index in [1.807, 2.05) is 12.1 Å². The van der Waals surface area contributed by atoms with E-state index in [0.717, 1.165) is 11.7 Å². The fourth-order valence-electron chi connectivity index (χ4n) is 3.09. The number of carbonyl (C=O) groups excluding carboxylic acids is 1. The summed E-state index contributed by atoms with van der Waals surface area (Å²) in [7, 11) is 1.52. The van der Waals surface area contributed by atoms with Gasteiger partial charge in [0.15, 0.2) is 11.5 Å². The standard InChI is InChI=1S/C23H21N3O6/c1-29-22-11-16(14-27)3-7-20(22)31-15-18-13-26(25-24-18)9-2-10-30-19-6-4-17-5-8-23(28)32-21(17)12-19/h3-8,11-14H,2,9-10,15H2,1H3. The van der Waals surface area contributed by atoms with Gasteiger partial charge in [0, 0.05) is 36.0 Å². The molecule has 0 N–H and O–H groups in total. The Morgan fingerprint density at radius 3 is 2.78 bits per heavy atom. The van der Waals surface area contributed by atoms with Gasteiger partial charge < -0.3 is 18.6 Å². The third-order valence-corrected chi connectivity index (χ3v) is 4.68. The van der Waals surface area contributed by atoms with Gasteiger partial charge in [-0.25, -0.2) is 4.79 Å². The monoisotopic (exact) mass is 435 g/mol. The van der Waals surface area contributed by atoms with Crippen molar-refractivity contribution in [2.75, 3.05) is 13.7 Å². The average molecular weight is 435 g/mol. The van der Waals surface area contributed by atoms with E-state index in [-0.39, 0.29) is 6.61 Å². The topological polar surface area (TPSA) is 106 Å². The lowest BCUT2D eigenvalue weighted by Crippen LogP contribution is -2.05. The van der Waals surface area contributed by atoms with Crippen LogP contribution in [0.4, 0.5) is 0 Å². The van der Waals surface area contributed by atoms with E-state index in [4.69, 9.17) is 18.6 Å². The number of hydrogen-bond donors (Lipinski definition) is 0. The number of aldehydes is 1. The molecule has 2 aromatic carbocycles. The highest BCUT2D eigenvalue weighted by Gasteiger charge is 2.08. The number of methoxy groups -OCH3 is 1. The van der Waals surface area contributed by atoms with Crippen LogP contribution in [0.2, 0.25) is 0 Å². The molecule has 4 rings (SSSR count). The second-order valence-electron chi connectivity index (χ2n) is 6.95. The lowest BCUT2D eigenvalue weighted by molar-refractivity contribution is 0.112. The Morgan fingerprint density at radius 1 is 1.06 bits per heavy atom. The van der Waals surface area contributed by atoms with E-state index in [1.165, 1.54) is 13.2 Å². The molecule has 2 aromatic heterocycles. The van der Waals surface area contributed by atoms with Gasteiger partial charge in [-0.1, -0.05) is 5.21 Å². The van der Waals surface area contributed by atoms with E-state index in [1.54, 1.807) is 41.2 Å². The number of aromatic nitrogens is 3. The molecule has 0 radical (unpaired) electrons. The summed E-state index contributed by atoms with van der Waals surface area (Å²) in [5, 5.41) is 9.04. The first-order valence-corrected chi connectivity index (χ1v) is 9.96. The van der Waals surface area contributed by atoms with Crippen molar-refractivity contribution in [1.82, 2.24) is 15.0 Å². The van der Waals surface area contributed by atoms with E-state index in [0.29, 0.717) is 53.7 Å². The number of ether oxygens (including phenoxy) is 3. The van der Waals surface area contributed by atoms with Gasteiger partial charge in [0.2, 0.25) is 0 Å². The van der Waals surface area contributed by atoms with Crippen LogP contribution in [-0.4, -0.2) is 35.0 Å². The smallest absolute Gasteiger partial charge is 0.336 e. The van der Waals surface area contributed by atoms with E-state index < -0.39 is 5.63 Å². The second kappa shape index (κ2) is 9.78. The average Bonchev–Trinajstić information content (AvgIpc) is 3.27. The van der Waals surface area contributed by atoms with Gasteiger partial charge in [0.1, 0.15) is 29.9 Å². The maximum atomic E-state index is 11.3. The molecule has 0 saturated carbocycles. The van der Waals surface area contributed by atoms with Gasteiger partial charge in [-0.3, -0.25) is 9.48 Å². The summed E-state index contributed by atoms with van der Waals surface area (Å²) in [6.45, 7) is 1.30. The van der Waals surface area contributed by atoms with E-state index in [9.17, 15) is 9.59 Å². The van der Waals surface area contributed by atoms with Crippen LogP contribution in [0.5, 0.6) is 17.2 Å². The third kappa shape index (κ3) is 5.12. The molecule has 4 aromatic rings. The van der Waals surface area contributed by atoms with Crippen molar-refractivity contribution >= 4 is 17.3 Å². The minimum Gasteiger partial charge on any atom is -0.493 e. The maximum Gasteiger partial charge on any atom is 0.336 e. The molecular formula is C23H21N3O6. The quantitative estimate of drug-likeness (QED) is 0.212. The van der Waals surface area contributed by atoms with E-state index >= 15 is 0 Å². The largest absolute Gasteiger partial charge is 0.493 e. The minimum atomic E-state index is -0.392. The number of nitrogens with zero attached hydrogens (tertiary/aromatic N) is 3. The predicted octanol–water partition coefficient (Wildman–Crippen LogP) is 3.25. The third-order valence-electron chi connectivity index (χ3n) is 4.68. The zero-order chi connectivity index (χ0) is 22.3. The highest BCUT2D eigenvalue weighted by Crippen LogP contribution is 2.28. The van der Waals surface area contributed by atoms with Crippen molar-refractivity contribution in [2.24, 2.45) is 0 Å². The lowest BCUT2D eigenvalue weighted by atomic mass is 10.2. The van der Waals surface area contributed by atoms with E-state index in [2.05, 4.69) is 10.3 Å². The molecule has 0 unspecified atom stereocenters. The zero-order valence-electron chi connectivity index (χ0n) is 17.4. The molecule has 0 spiro atoms. The van der Waals surface area contributed by atoms with Gasteiger partial charge in [0.25, 0.3) is 0 Å². The van der Waals surface area contributed by atoms with Gasteiger partial charge in [-0.05, 0) is 36.4 Å². The normalized spacial score (nSPS) is 10.8. The van der Waals surface area contributed by atoms with Gasteiger partial charge in [-0.2, -0.15) is 0 Å². The van der Waals surface area contributed by atoms with Crippen LogP contribution in [0.3, 0.4) is 0 Å². The predicted molar refractivity (Wildman–Crippen MR) is 115 cm³/mol. The Hall–Kier alpha value is -4.14. The number of fused-ring (bicyclic) bond motifs is 1. The molecule has 0 aliphatic heterocycles. The second-order valence-corrected chi connectivity index (χ2v) is 6.95. The summed E-state index contributed by atoms with van der Waals surface area (Å²) in [4.78, 5) is 22.2. The Balaban J connectivity index is 1.26. The van der Waals surface area contributed by atoms with Crippen LogP contribution < -0.4 is 19.8 Å². The highest BCUT2D eigenvalue weighted by molar-refractivity contribution is 5.77. The van der Waals surface area contributed by atoms with Crippen LogP contribution in [0.1, 0.15) is 22.5 Å². The van der Waals surface area contributed by atoms with Crippen molar-refractivity contribution in [1.29, 1.82) is 0 Å². The first-order valence-electron chi connectivity index (χ1n) is 9.96. The first-order chi connectivity index (χ1) is 15.6. The summed E-state index contributed by atoms with van der Waals surface area (Å²) in [5.74, 6) is 1.63. The van der Waals surface area contributed by atoms with Crippen molar-refractivity contribution in [3.63, 3.8) is 0 Å². The zero-order valence-corrected chi connectivity index (χ0v) is 17.4. The SMILES string of the molecule is COc1cc(C=O)ccc1OCc1cn(CCCOc2ccc3ccc(=O)oc3c2)nn1. The summed E-state index contributed by atoms with van der Waals surface area (Å²) in [6.07, 6.45) is 3.26. The molecule has 0 bridgehead atoms. The summed E-state index contributed by atoms with van der Waals surface area (Å²) >= 11 is 0. The summed E-state index contributed by atoms with van der Waals surface area (Å²) < 4.78 is 23.6. The Kier molecular flexibility index (Phi) is 6.45. The molecule has 0 aliphatic carbocycles. The van der Waals surface area contributed by atoms with Crippen LogP contribution in [0.25, 0.3) is 11.0 Å². The maximum absolute atomic E-state index is 11.3. The molecular weight excluding hydrogens is 414 g/mol. The molecule has 2 heterocycles. The molecule has 164 valence electrons. The fraction of sp³-hybridized carbons (Fsp3) is 0.217. The number of rotatable bonds is 10. The molecule has 0 fully saturated rings. The number of benzene rings is 2. The van der Waals surface area contributed by atoms with Gasteiger partial charge in [-0.15, -0.1) is 5.10 Å². The Labute approximate surface area is 183 Å². The van der Waals surface area contributed by atoms with Crippen molar-refractivity contribution in [3.05, 3.63) is 76.4 Å². The molecule has 0 atom stereocenters. The molecule has 0 saturated heterocycles. The number of hydrogen-bond acceptors (Lipinski definition) is 8. The highest BCUT2D eigenvalue weighted by atomic mass is 16.5. The molecule has 0 amide bonds. The minimum absolute atomic E-state index is 0.218. The summed E-state index contributed by atoms with van der Waals surface area (Å²) in [6, 6.07) is 13.4. The first kappa shape index (κ1) is 21.1. The van der Waals surface area contributed by atoms with Crippen LogP contribution >= 0.6 is 0 Å². The Morgan fingerprint density at radius 2 is 1.94 bits per heavy atom.